The maximum Gasteiger partial charge on any atom is 0.422 e. The Kier molecular flexibility index (Phi) is 7.33. The summed E-state index contributed by atoms with van der Waals surface area (Å²) in [4.78, 5) is 11.1. The van der Waals surface area contributed by atoms with Crippen molar-refractivity contribution in [1.29, 1.82) is 0 Å². The molecule has 12 heteroatoms. The van der Waals surface area contributed by atoms with E-state index in [1.54, 1.807) is 7.11 Å². The van der Waals surface area contributed by atoms with E-state index in [2.05, 4.69) is 25.6 Å². The number of halogens is 3. The first-order valence-corrected chi connectivity index (χ1v) is 9.01. The number of carbonyl (C=O) groups is 1. The molecule has 1 aromatic carbocycles. The minimum absolute atomic E-state index is 0.138. The van der Waals surface area contributed by atoms with Gasteiger partial charge in [-0.2, -0.15) is 13.2 Å². The lowest BCUT2D eigenvalue weighted by molar-refractivity contribution is -0.160. The summed E-state index contributed by atoms with van der Waals surface area (Å²) in [5.74, 6) is 1.12. The molecule has 2 aromatic rings. The number of nitrogens with one attached hydrogen (secondary N) is 2. The monoisotopic (exact) mass is 408 g/mol. The van der Waals surface area contributed by atoms with Gasteiger partial charge in [0.15, 0.2) is 10.9 Å². The third kappa shape index (κ3) is 7.35. The second-order valence-corrected chi connectivity index (χ2v) is 7.02. The number of alkyl halides is 3. The van der Waals surface area contributed by atoms with Gasteiger partial charge in [0, 0.05) is 24.1 Å². The van der Waals surface area contributed by atoms with Crippen molar-refractivity contribution in [3.05, 3.63) is 24.3 Å². The molecule has 0 saturated carbocycles. The van der Waals surface area contributed by atoms with E-state index in [1.165, 1.54) is 23.1 Å². The number of thioether (sulfide) groups is 1. The Morgan fingerprint density at radius 2 is 2.15 bits per heavy atom. The van der Waals surface area contributed by atoms with Crippen LogP contribution in [0.2, 0.25) is 0 Å². The SMILES string of the molecule is COc1cccc(Nc2nnc(SCCNC(=O)OCC(F)(F)F)s2)c1. The molecule has 1 amide bonds. The Balaban J connectivity index is 1.70. The highest BCUT2D eigenvalue weighted by molar-refractivity contribution is 8.01. The number of amides is 1. The smallest absolute Gasteiger partial charge is 0.422 e. The van der Waals surface area contributed by atoms with Crippen molar-refractivity contribution < 1.29 is 27.4 Å². The topological polar surface area (TPSA) is 85.4 Å². The Morgan fingerprint density at radius 1 is 1.35 bits per heavy atom. The molecule has 7 nitrogen and oxygen atoms in total. The fourth-order valence-electron chi connectivity index (χ4n) is 1.63. The molecule has 2 rings (SSSR count). The van der Waals surface area contributed by atoms with E-state index >= 15 is 0 Å². The average molecular weight is 408 g/mol. The largest absolute Gasteiger partial charge is 0.497 e. The molecule has 1 heterocycles. The molecule has 0 atom stereocenters. The van der Waals surface area contributed by atoms with Crippen molar-refractivity contribution in [3.8, 4) is 5.75 Å². The Hall–Kier alpha value is -2.21. The highest BCUT2D eigenvalue weighted by atomic mass is 32.2. The van der Waals surface area contributed by atoms with E-state index in [0.29, 0.717) is 21.0 Å². The zero-order valence-electron chi connectivity index (χ0n) is 13.5. The van der Waals surface area contributed by atoms with Gasteiger partial charge in [0.25, 0.3) is 0 Å². The normalized spacial score (nSPS) is 11.1. The second kappa shape index (κ2) is 9.48. The summed E-state index contributed by atoms with van der Waals surface area (Å²) in [6, 6.07) is 7.32. The zero-order chi connectivity index (χ0) is 19.0. The van der Waals surface area contributed by atoms with Crippen LogP contribution in [0.25, 0.3) is 0 Å². The lowest BCUT2D eigenvalue weighted by Gasteiger charge is -2.08. The number of nitrogens with zero attached hydrogens (tertiary/aromatic N) is 2. The Labute approximate surface area is 155 Å². The van der Waals surface area contributed by atoms with E-state index in [4.69, 9.17) is 4.74 Å². The highest BCUT2D eigenvalue weighted by Gasteiger charge is 2.29. The number of ether oxygens (including phenoxy) is 2. The molecule has 0 radical (unpaired) electrons. The summed E-state index contributed by atoms with van der Waals surface area (Å²) in [7, 11) is 1.58. The van der Waals surface area contributed by atoms with Crippen molar-refractivity contribution in [2.24, 2.45) is 0 Å². The molecule has 0 saturated heterocycles. The molecule has 142 valence electrons. The van der Waals surface area contributed by atoms with E-state index < -0.39 is 18.9 Å². The lowest BCUT2D eigenvalue weighted by atomic mass is 10.3. The number of hydrogen-bond donors (Lipinski definition) is 2. The maximum atomic E-state index is 11.9. The van der Waals surface area contributed by atoms with Crippen LogP contribution in [0.4, 0.5) is 28.8 Å². The zero-order valence-corrected chi connectivity index (χ0v) is 15.1. The van der Waals surface area contributed by atoms with Crippen molar-refractivity contribution in [3.63, 3.8) is 0 Å². The first-order valence-electron chi connectivity index (χ1n) is 7.20. The molecule has 0 bridgehead atoms. The van der Waals surface area contributed by atoms with Crippen LogP contribution in [0.15, 0.2) is 28.6 Å². The molecule has 26 heavy (non-hydrogen) atoms. The molecule has 0 unspecified atom stereocenters. The van der Waals surface area contributed by atoms with Crippen LogP contribution in [0.1, 0.15) is 0 Å². The summed E-state index contributed by atoms with van der Waals surface area (Å²) < 4.78 is 45.5. The molecule has 0 fully saturated rings. The number of carbonyl (C=O) groups excluding carboxylic acids is 1. The van der Waals surface area contributed by atoms with Gasteiger partial charge in [-0.15, -0.1) is 10.2 Å². The first kappa shape index (κ1) is 20.1. The maximum absolute atomic E-state index is 11.9. The molecular weight excluding hydrogens is 393 g/mol. The Morgan fingerprint density at radius 3 is 2.88 bits per heavy atom. The van der Waals surface area contributed by atoms with E-state index in [9.17, 15) is 18.0 Å². The van der Waals surface area contributed by atoms with Crippen LogP contribution in [0.3, 0.4) is 0 Å². The number of rotatable bonds is 8. The fourth-order valence-corrected chi connectivity index (χ4v) is 3.33. The first-order chi connectivity index (χ1) is 12.4. The van der Waals surface area contributed by atoms with Gasteiger partial charge in [-0.1, -0.05) is 29.2 Å². The second-order valence-electron chi connectivity index (χ2n) is 4.70. The number of benzene rings is 1. The summed E-state index contributed by atoms with van der Waals surface area (Å²) in [6.45, 7) is -1.47. The third-order valence-electron chi connectivity index (χ3n) is 2.69. The molecular formula is C14H15F3N4O3S2. The quantitative estimate of drug-likeness (QED) is 0.509. The van der Waals surface area contributed by atoms with E-state index in [-0.39, 0.29) is 6.54 Å². The van der Waals surface area contributed by atoms with Crippen LogP contribution >= 0.6 is 23.1 Å². The third-order valence-corrected chi connectivity index (χ3v) is 4.67. The minimum Gasteiger partial charge on any atom is -0.497 e. The van der Waals surface area contributed by atoms with Crippen molar-refractivity contribution >= 4 is 40.0 Å². The van der Waals surface area contributed by atoms with Gasteiger partial charge < -0.3 is 20.1 Å². The lowest BCUT2D eigenvalue weighted by Crippen LogP contribution is -2.30. The molecule has 0 spiro atoms. The number of alkyl carbamates (subject to hydrolysis) is 1. The Bertz CT molecular complexity index is 727. The van der Waals surface area contributed by atoms with Gasteiger partial charge in [0.05, 0.1) is 7.11 Å². The van der Waals surface area contributed by atoms with Crippen LogP contribution < -0.4 is 15.4 Å². The summed E-state index contributed by atoms with van der Waals surface area (Å²) in [5.41, 5.74) is 0.797. The fraction of sp³-hybridized carbons (Fsp3) is 0.357. The summed E-state index contributed by atoms with van der Waals surface area (Å²) in [5, 5.41) is 13.9. The minimum atomic E-state index is -4.54. The predicted molar refractivity (Wildman–Crippen MR) is 92.3 cm³/mol. The number of anilines is 2. The number of aromatic nitrogens is 2. The highest BCUT2D eigenvalue weighted by Crippen LogP contribution is 2.28. The van der Waals surface area contributed by atoms with Gasteiger partial charge in [0.2, 0.25) is 5.13 Å². The number of methoxy groups -OCH3 is 1. The standard InChI is InChI=1S/C14H15F3N4O3S2/c1-23-10-4-2-3-9(7-10)19-11-20-21-13(26-11)25-6-5-18-12(22)24-8-14(15,16)17/h2-4,7H,5-6,8H2,1H3,(H,18,22)(H,19,20). The summed E-state index contributed by atoms with van der Waals surface area (Å²) in [6.07, 6.45) is -5.65. The van der Waals surface area contributed by atoms with Crippen LogP contribution in [0.5, 0.6) is 5.75 Å². The summed E-state index contributed by atoms with van der Waals surface area (Å²) >= 11 is 2.62. The van der Waals surface area contributed by atoms with Crippen molar-refractivity contribution in [2.45, 2.75) is 10.5 Å². The van der Waals surface area contributed by atoms with Crippen molar-refractivity contribution in [2.75, 3.05) is 31.3 Å². The molecule has 2 N–H and O–H groups in total. The molecule has 0 aliphatic carbocycles. The molecule has 0 aliphatic heterocycles. The van der Waals surface area contributed by atoms with Gasteiger partial charge in [0.1, 0.15) is 5.75 Å². The van der Waals surface area contributed by atoms with Gasteiger partial charge in [-0.05, 0) is 12.1 Å². The predicted octanol–water partition coefficient (Wildman–Crippen LogP) is 3.67. The van der Waals surface area contributed by atoms with Crippen molar-refractivity contribution in [1.82, 2.24) is 15.5 Å². The van der Waals surface area contributed by atoms with Crippen LogP contribution in [-0.4, -0.2) is 48.5 Å². The average Bonchev–Trinajstić information content (AvgIpc) is 3.04. The molecule has 1 aromatic heterocycles. The van der Waals surface area contributed by atoms with Gasteiger partial charge in [-0.25, -0.2) is 4.79 Å². The van der Waals surface area contributed by atoms with Crippen LogP contribution in [0, 0.1) is 0 Å². The van der Waals surface area contributed by atoms with Crippen LogP contribution in [-0.2, 0) is 4.74 Å². The van der Waals surface area contributed by atoms with Gasteiger partial charge in [-0.3, -0.25) is 0 Å². The number of hydrogen-bond acceptors (Lipinski definition) is 8. The van der Waals surface area contributed by atoms with Gasteiger partial charge >= 0.3 is 12.3 Å². The van der Waals surface area contributed by atoms with E-state index in [1.807, 2.05) is 24.3 Å². The molecule has 0 aliphatic rings. The van der Waals surface area contributed by atoms with E-state index in [0.717, 1.165) is 5.69 Å².